The van der Waals surface area contributed by atoms with Crippen LogP contribution in [0.2, 0.25) is 0 Å². The van der Waals surface area contributed by atoms with Crippen molar-refractivity contribution in [2.24, 2.45) is 11.7 Å². The fraction of sp³-hybridized carbons (Fsp3) is 0.217. The van der Waals surface area contributed by atoms with Crippen molar-refractivity contribution in [3.05, 3.63) is 82.8 Å². The number of carboxylic acids is 1. The smallest absolute Gasteiger partial charge is 0.307 e. The van der Waals surface area contributed by atoms with E-state index >= 15 is 0 Å². The quantitative estimate of drug-likeness (QED) is 0.519. The number of hydrogen-bond acceptors (Lipinski definition) is 4. The van der Waals surface area contributed by atoms with Gasteiger partial charge in [0.2, 0.25) is 0 Å². The molecule has 1 aromatic heterocycles. The molecule has 3 aromatic rings. The van der Waals surface area contributed by atoms with Crippen LogP contribution in [0.25, 0.3) is 11.1 Å². The van der Waals surface area contributed by atoms with Gasteiger partial charge in [0.1, 0.15) is 23.3 Å². The third kappa shape index (κ3) is 4.39. The van der Waals surface area contributed by atoms with Gasteiger partial charge in [-0.2, -0.15) is 0 Å². The molecule has 0 saturated heterocycles. The molecule has 8 heteroatoms. The average Bonchev–Trinajstić information content (AvgIpc) is 3.56. The Kier molecular flexibility index (Phi) is 5.65. The zero-order chi connectivity index (χ0) is 22.1. The monoisotopic (exact) mass is 427 g/mol. The number of aliphatic carboxylic acids is 1. The number of hydrogen-bond donors (Lipinski definition) is 3. The minimum atomic E-state index is -0.866. The first-order chi connectivity index (χ1) is 14.9. The summed E-state index contributed by atoms with van der Waals surface area (Å²) in [5.41, 5.74) is 7.16. The van der Waals surface area contributed by atoms with Gasteiger partial charge >= 0.3 is 5.97 Å². The lowest BCUT2D eigenvalue weighted by Gasteiger charge is -2.12. The van der Waals surface area contributed by atoms with Crippen molar-refractivity contribution < 1.29 is 23.1 Å². The third-order valence-corrected chi connectivity index (χ3v) is 5.47. The second kappa shape index (κ2) is 8.39. The molecule has 1 saturated carbocycles. The first-order valence-electron chi connectivity index (χ1n) is 9.76. The van der Waals surface area contributed by atoms with Crippen LogP contribution >= 0.6 is 0 Å². The van der Waals surface area contributed by atoms with Crippen LogP contribution in [0, 0.1) is 23.4 Å². The van der Waals surface area contributed by atoms with Gasteiger partial charge in [0, 0.05) is 42.0 Å². The summed E-state index contributed by atoms with van der Waals surface area (Å²) in [6.45, 7) is 0.172. The molecule has 31 heavy (non-hydrogen) atoms. The molecule has 0 unspecified atom stereocenters. The standard InChI is InChI=1S/C23H20F3N3O2/c24-19-3-1-12(9-27)5-16(19)17-6-14(20(25)8-21(17)26)11-29-22-4-2-13(10-28-22)15-7-18(15)23(30)31/h1-6,8,10,15,18H,7,9,11,27H2,(H,28,29)(H,30,31)/t15-,18+/m0/s1. The van der Waals surface area contributed by atoms with E-state index in [0.717, 1.165) is 11.6 Å². The minimum absolute atomic E-state index is 0.00480. The summed E-state index contributed by atoms with van der Waals surface area (Å²) in [5, 5.41) is 12.0. The Bertz CT molecular complexity index is 1140. The van der Waals surface area contributed by atoms with Crippen molar-refractivity contribution in [2.75, 3.05) is 5.32 Å². The molecule has 2 atom stereocenters. The van der Waals surface area contributed by atoms with E-state index in [1.165, 1.54) is 24.3 Å². The van der Waals surface area contributed by atoms with Crippen LogP contribution in [-0.2, 0) is 17.9 Å². The van der Waals surface area contributed by atoms with E-state index in [1.54, 1.807) is 18.3 Å². The molecule has 4 N–H and O–H groups in total. The van der Waals surface area contributed by atoms with E-state index in [9.17, 15) is 18.0 Å². The van der Waals surface area contributed by atoms with Crippen LogP contribution < -0.4 is 11.1 Å². The highest BCUT2D eigenvalue weighted by atomic mass is 19.1. The number of carbonyl (C=O) groups is 1. The number of carboxylic acid groups (broad SMARTS) is 1. The van der Waals surface area contributed by atoms with Crippen molar-refractivity contribution in [3.8, 4) is 11.1 Å². The molecule has 0 spiro atoms. The fourth-order valence-electron chi connectivity index (χ4n) is 3.59. The minimum Gasteiger partial charge on any atom is -0.481 e. The largest absolute Gasteiger partial charge is 0.481 e. The number of halogens is 3. The number of nitrogens with zero attached hydrogens (tertiary/aromatic N) is 1. The van der Waals surface area contributed by atoms with Gasteiger partial charge in [0.15, 0.2) is 0 Å². The van der Waals surface area contributed by atoms with Crippen LogP contribution in [0.1, 0.15) is 29.0 Å². The summed E-state index contributed by atoms with van der Waals surface area (Å²) < 4.78 is 43.0. The number of pyridine rings is 1. The zero-order valence-electron chi connectivity index (χ0n) is 16.4. The molecule has 0 aliphatic heterocycles. The Morgan fingerprint density at radius 2 is 1.84 bits per heavy atom. The second-order valence-corrected chi connectivity index (χ2v) is 7.56. The van der Waals surface area contributed by atoms with E-state index in [1.807, 2.05) is 0 Å². The highest BCUT2D eigenvalue weighted by molar-refractivity contribution is 5.75. The van der Waals surface area contributed by atoms with Gasteiger partial charge in [-0.1, -0.05) is 12.1 Å². The number of benzene rings is 2. The number of aromatic nitrogens is 1. The van der Waals surface area contributed by atoms with Gasteiger partial charge in [-0.3, -0.25) is 4.79 Å². The Morgan fingerprint density at radius 1 is 1.06 bits per heavy atom. The van der Waals surface area contributed by atoms with Crippen LogP contribution in [-0.4, -0.2) is 16.1 Å². The van der Waals surface area contributed by atoms with Crippen LogP contribution in [0.4, 0.5) is 19.0 Å². The summed E-state index contributed by atoms with van der Waals surface area (Å²) in [6.07, 6.45) is 2.19. The molecule has 1 aliphatic rings. The van der Waals surface area contributed by atoms with Crippen molar-refractivity contribution in [3.63, 3.8) is 0 Å². The summed E-state index contributed by atoms with van der Waals surface area (Å²) in [7, 11) is 0. The van der Waals surface area contributed by atoms with E-state index in [2.05, 4.69) is 10.3 Å². The van der Waals surface area contributed by atoms with E-state index < -0.39 is 23.4 Å². The van der Waals surface area contributed by atoms with Gasteiger partial charge in [0.25, 0.3) is 0 Å². The van der Waals surface area contributed by atoms with Crippen LogP contribution in [0.15, 0.2) is 48.7 Å². The van der Waals surface area contributed by atoms with E-state index in [4.69, 9.17) is 10.8 Å². The Balaban J connectivity index is 1.52. The fourth-order valence-corrected chi connectivity index (χ4v) is 3.59. The van der Waals surface area contributed by atoms with Gasteiger partial charge in [0.05, 0.1) is 5.92 Å². The Labute approximate surface area is 176 Å². The molecule has 1 heterocycles. The molecular formula is C23H20F3N3O2. The van der Waals surface area contributed by atoms with Crippen LogP contribution in [0.5, 0.6) is 0 Å². The Hall–Kier alpha value is -3.39. The van der Waals surface area contributed by atoms with Crippen molar-refractivity contribution in [1.29, 1.82) is 0 Å². The van der Waals surface area contributed by atoms with Crippen molar-refractivity contribution in [1.82, 2.24) is 4.98 Å². The summed E-state index contributed by atoms with van der Waals surface area (Å²) in [6, 6.07) is 9.63. The first-order valence-corrected chi connectivity index (χ1v) is 9.76. The summed E-state index contributed by atoms with van der Waals surface area (Å²) in [5.74, 6) is -3.02. The number of nitrogens with two attached hydrogens (primary N) is 1. The summed E-state index contributed by atoms with van der Waals surface area (Å²) >= 11 is 0. The van der Waals surface area contributed by atoms with Gasteiger partial charge in [-0.15, -0.1) is 0 Å². The Morgan fingerprint density at radius 3 is 2.48 bits per heavy atom. The lowest BCUT2D eigenvalue weighted by atomic mass is 9.99. The molecule has 1 aliphatic carbocycles. The predicted octanol–water partition coefficient (Wildman–Crippen LogP) is 4.42. The molecular weight excluding hydrogens is 407 g/mol. The van der Waals surface area contributed by atoms with Gasteiger partial charge < -0.3 is 16.2 Å². The number of nitrogens with one attached hydrogen (secondary N) is 1. The van der Waals surface area contributed by atoms with Gasteiger partial charge in [-0.25, -0.2) is 18.2 Å². The number of rotatable bonds is 7. The molecule has 0 amide bonds. The maximum Gasteiger partial charge on any atom is 0.307 e. The summed E-state index contributed by atoms with van der Waals surface area (Å²) in [4.78, 5) is 15.2. The van der Waals surface area contributed by atoms with E-state index in [-0.39, 0.29) is 41.6 Å². The lowest BCUT2D eigenvalue weighted by molar-refractivity contribution is -0.138. The second-order valence-electron chi connectivity index (χ2n) is 7.56. The van der Waals surface area contributed by atoms with Crippen LogP contribution in [0.3, 0.4) is 0 Å². The van der Waals surface area contributed by atoms with Gasteiger partial charge in [-0.05, 0) is 47.7 Å². The maximum absolute atomic E-state index is 14.4. The van der Waals surface area contributed by atoms with E-state index in [0.29, 0.717) is 17.8 Å². The molecule has 1 fully saturated rings. The normalized spacial score (nSPS) is 17.4. The molecule has 4 rings (SSSR count). The average molecular weight is 427 g/mol. The SMILES string of the molecule is NCc1ccc(F)c(-c2cc(CNc3ccc([C@@H]4C[C@H]4C(=O)O)cn3)c(F)cc2F)c1. The molecule has 5 nitrogen and oxygen atoms in total. The molecule has 160 valence electrons. The highest BCUT2D eigenvalue weighted by Crippen LogP contribution is 2.47. The maximum atomic E-state index is 14.4. The molecule has 0 bridgehead atoms. The third-order valence-electron chi connectivity index (χ3n) is 5.47. The zero-order valence-corrected chi connectivity index (χ0v) is 16.4. The first kappa shape index (κ1) is 20.9. The number of anilines is 1. The highest BCUT2D eigenvalue weighted by Gasteiger charge is 2.44. The lowest BCUT2D eigenvalue weighted by Crippen LogP contribution is -2.05. The topological polar surface area (TPSA) is 88.2 Å². The predicted molar refractivity (Wildman–Crippen MR) is 110 cm³/mol. The van der Waals surface area contributed by atoms with Crippen molar-refractivity contribution >= 4 is 11.8 Å². The molecule has 0 radical (unpaired) electrons. The molecule has 2 aromatic carbocycles. The van der Waals surface area contributed by atoms with Crippen molar-refractivity contribution in [2.45, 2.75) is 25.4 Å².